The maximum Gasteiger partial charge on any atom is 0.414 e. The molecule has 1 aromatic rings. The summed E-state index contributed by atoms with van der Waals surface area (Å²) in [5.41, 5.74) is 0.0210. The molecular weight excluding hydrogens is 426 g/mol. The van der Waals surface area contributed by atoms with Gasteiger partial charge in [0.15, 0.2) is 11.6 Å². The van der Waals surface area contributed by atoms with Gasteiger partial charge in [0.2, 0.25) is 0 Å². The first-order chi connectivity index (χ1) is 14.9. The molecule has 4 fully saturated rings. The van der Waals surface area contributed by atoms with Gasteiger partial charge in [-0.05, 0) is 32.1 Å². The van der Waals surface area contributed by atoms with Gasteiger partial charge in [0, 0.05) is 58.9 Å². The van der Waals surface area contributed by atoms with E-state index < -0.39 is 34.6 Å². The topological polar surface area (TPSA) is 66.9 Å². The first kappa shape index (κ1) is 20.8. The second-order valence-electron chi connectivity index (χ2n) is 9.07. The highest BCUT2D eigenvalue weighted by atomic mass is 32.2. The zero-order valence-electron chi connectivity index (χ0n) is 17.2. The van der Waals surface area contributed by atoms with Crippen LogP contribution < -0.4 is 9.80 Å². The summed E-state index contributed by atoms with van der Waals surface area (Å²) in [5.74, 6) is -0.244. The molecular formula is C22H26F2N2O4S. The number of carbonyl (C=O) groups is 2. The molecule has 0 aromatic heterocycles. The minimum absolute atomic E-state index is 0.0943. The Kier molecular flexibility index (Phi) is 5.48. The van der Waals surface area contributed by atoms with Crippen LogP contribution in [0.15, 0.2) is 12.1 Å². The number of hydrogen-bond acceptors (Lipinski definition) is 5. The van der Waals surface area contributed by atoms with Gasteiger partial charge in [-0.25, -0.2) is 13.6 Å². The fraction of sp³-hybridized carbons (Fsp3) is 0.636. The van der Waals surface area contributed by atoms with Crippen LogP contribution in [0, 0.1) is 17.6 Å². The van der Waals surface area contributed by atoms with Gasteiger partial charge in [0.1, 0.15) is 17.6 Å². The monoisotopic (exact) mass is 452 g/mol. The summed E-state index contributed by atoms with van der Waals surface area (Å²) in [7, 11) is -0.946. The summed E-state index contributed by atoms with van der Waals surface area (Å²) in [6, 6.07) is 2.10. The van der Waals surface area contributed by atoms with Crippen LogP contribution in [0.4, 0.5) is 25.0 Å². The molecule has 168 valence electrons. The Balaban J connectivity index is 1.29. The molecule has 6 nitrogen and oxygen atoms in total. The summed E-state index contributed by atoms with van der Waals surface area (Å²) >= 11 is 0. The smallest absolute Gasteiger partial charge is 0.414 e. The van der Waals surface area contributed by atoms with Crippen LogP contribution >= 0.6 is 0 Å². The lowest BCUT2D eigenvalue weighted by Gasteiger charge is -2.36. The molecule has 2 bridgehead atoms. The molecule has 1 aromatic carbocycles. The molecule has 0 spiro atoms. The fourth-order valence-electron chi connectivity index (χ4n) is 5.23. The molecule has 31 heavy (non-hydrogen) atoms. The van der Waals surface area contributed by atoms with Crippen molar-refractivity contribution >= 4 is 34.1 Å². The summed E-state index contributed by atoms with van der Waals surface area (Å²) in [6.45, 7) is 0.170. The number of amides is 1. The molecule has 3 saturated heterocycles. The lowest BCUT2D eigenvalue weighted by atomic mass is 9.80. The second-order valence-corrected chi connectivity index (χ2v) is 10.6. The number of rotatable bonds is 6. The predicted molar refractivity (Wildman–Crippen MR) is 113 cm³/mol. The Hall–Kier alpha value is -2.03. The van der Waals surface area contributed by atoms with Crippen molar-refractivity contribution in [1.82, 2.24) is 0 Å². The highest BCUT2D eigenvalue weighted by molar-refractivity contribution is 7.85. The molecule has 5 rings (SSSR count). The zero-order chi connectivity index (χ0) is 21.7. The Morgan fingerprint density at radius 2 is 1.74 bits per heavy atom. The largest absolute Gasteiger partial charge is 0.444 e. The number of fused-ring (bicyclic) bond motifs is 2. The van der Waals surface area contributed by atoms with Gasteiger partial charge < -0.3 is 9.64 Å². The van der Waals surface area contributed by atoms with Crippen molar-refractivity contribution in [2.75, 3.05) is 27.9 Å². The van der Waals surface area contributed by atoms with E-state index in [9.17, 15) is 13.8 Å². The molecule has 1 saturated carbocycles. The number of carbonyl (C=O) groups excluding carboxylic acids is 2. The highest BCUT2D eigenvalue weighted by Crippen LogP contribution is 2.40. The molecule has 2 unspecified atom stereocenters. The molecule has 1 amide bonds. The molecule has 0 radical (unpaired) electrons. The average Bonchev–Trinajstić information content (AvgIpc) is 3.15. The lowest BCUT2D eigenvalue weighted by Crippen LogP contribution is -2.48. The maximum atomic E-state index is 15.1. The van der Waals surface area contributed by atoms with Gasteiger partial charge >= 0.3 is 6.09 Å². The van der Waals surface area contributed by atoms with Crippen LogP contribution in [-0.2, 0) is 20.3 Å². The maximum absolute atomic E-state index is 15.1. The Morgan fingerprint density at radius 1 is 1.10 bits per heavy atom. The molecule has 1 aliphatic carbocycles. The van der Waals surface area contributed by atoms with Gasteiger partial charge in [-0.3, -0.25) is 13.9 Å². The molecule has 3 aliphatic heterocycles. The second kappa shape index (κ2) is 8.15. The van der Waals surface area contributed by atoms with Crippen molar-refractivity contribution in [3.63, 3.8) is 0 Å². The van der Waals surface area contributed by atoms with E-state index >= 15 is 8.78 Å². The predicted octanol–water partition coefficient (Wildman–Crippen LogP) is 3.54. The van der Waals surface area contributed by atoms with Crippen LogP contribution in [0.1, 0.15) is 44.9 Å². The van der Waals surface area contributed by atoms with E-state index in [2.05, 4.69) is 0 Å². The lowest BCUT2D eigenvalue weighted by molar-refractivity contribution is -0.125. The minimum atomic E-state index is -0.946. The van der Waals surface area contributed by atoms with Crippen LogP contribution in [0.5, 0.6) is 0 Å². The fourth-order valence-corrected chi connectivity index (χ4v) is 6.87. The first-order valence-corrected chi connectivity index (χ1v) is 12.5. The number of anilines is 2. The Bertz CT molecular complexity index is 899. The van der Waals surface area contributed by atoms with Gasteiger partial charge in [-0.15, -0.1) is 0 Å². The number of nitrogens with zero attached hydrogens (tertiary/aromatic N) is 2. The molecule has 9 heteroatoms. The van der Waals surface area contributed by atoms with E-state index in [4.69, 9.17) is 4.74 Å². The van der Waals surface area contributed by atoms with E-state index in [0.29, 0.717) is 24.3 Å². The van der Waals surface area contributed by atoms with Crippen molar-refractivity contribution in [2.45, 2.75) is 63.1 Å². The summed E-state index contributed by atoms with van der Waals surface area (Å²) in [6.07, 6.45) is 4.19. The van der Waals surface area contributed by atoms with Crippen molar-refractivity contribution in [1.29, 1.82) is 0 Å². The van der Waals surface area contributed by atoms with Crippen LogP contribution in [0.25, 0.3) is 0 Å². The number of cyclic esters (lactones) is 1. The zero-order valence-corrected chi connectivity index (χ0v) is 18.0. The average molecular weight is 453 g/mol. The molecule has 0 N–H and O–H groups in total. The van der Waals surface area contributed by atoms with Crippen molar-refractivity contribution in [3.8, 4) is 0 Å². The summed E-state index contributed by atoms with van der Waals surface area (Å²) in [5, 5.41) is 0. The number of Topliss-reactive ketones (excluding diaryl/α,β-unsaturated/α-hetero) is 1. The number of halogens is 2. The standard InChI is InChI=1S/C22H26F2N2O4S/c23-18-8-16(9-19(24)21(18)26-14-4-5-15(26)12-31(29)11-14)25-10-17(30-22(25)28)6-7-20(27)13-2-1-3-13/h8-9,13-15,17H,1-7,10-12H2/t14?,15?,17-,31?/m0/s1. The number of ketones is 1. The van der Waals surface area contributed by atoms with Crippen LogP contribution in [0.2, 0.25) is 0 Å². The normalized spacial score (nSPS) is 30.5. The quantitative estimate of drug-likeness (QED) is 0.661. The van der Waals surface area contributed by atoms with Crippen LogP contribution in [-0.4, -0.2) is 52.3 Å². The first-order valence-electron chi connectivity index (χ1n) is 11.0. The van der Waals surface area contributed by atoms with E-state index in [1.807, 2.05) is 0 Å². The van der Waals surface area contributed by atoms with Crippen molar-refractivity contribution in [2.24, 2.45) is 5.92 Å². The Labute approximate surface area is 182 Å². The SMILES string of the molecule is O=C(CC[C@H]1CN(c2cc(F)c(N3C4CCC3CS(=O)C4)c(F)c2)C(=O)O1)C1CCC1. The van der Waals surface area contributed by atoms with Crippen LogP contribution in [0.3, 0.4) is 0 Å². The van der Waals surface area contributed by atoms with E-state index in [1.165, 1.54) is 17.0 Å². The van der Waals surface area contributed by atoms with E-state index in [1.54, 1.807) is 4.90 Å². The third-order valence-electron chi connectivity index (χ3n) is 7.10. The Morgan fingerprint density at radius 3 is 2.32 bits per heavy atom. The molecule has 3 atom stereocenters. The van der Waals surface area contributed by atoms with Crippen molar-refractivity contribution < 1.29 is 27.3 Å². The third-order valence-corrected chi connectivity index (χ3v) is 8.61. The van der Waals surface area contributed by atoms with Gasteiger partial charge in [-0.1, -0.05) is 6.42 Å². The number of ether oxygens (including phenoxy) is 1. The number of hydrogen-bond donors (Lipinski definition) is 0. The van der Waals surface area contributed by atoms with E-state index in [-0.39, 0.29) is 41.7 Å². The molecule has 3 heterocycles. The van der Waals surface area contributed by atoms with Crippen molar-refractivity contribution in [3.05, 3.63) is 23.8 Å². The van der Waals surface area contributed by atoms with E-state index in [0.717, 1.165) is 32.1 Å². The highest BCUT2D eigenvalue weighted by Gasteiger charge is 2.42. The third kappa shape index (κ3) is 3.85. The summed E-state index contributed by atoms with van der Waals surface area (Å²) in [4.78, 5) is 27.4. The molecule has 4 aliphatic rings. The van der Waals surface area contributed by atoms with Gasteiger partial charge in [0.05, 0.1) is 12.2 Å². The van der Waals surface area contributed by atoms with Gasteiger partial charge in [0.25, 0.3) is 0 Å². The number of benzene rings is 1. The summed E-state index contributed by atoms with van der Waals surface area (Å²) < 4.78 is 47.4. The minimum Gasteiger partial charge on any atom is -0.444 e. The van der Waals surface area contributed by atoms with Gasteiger partial charge in [-0.2, -0.15) is 0 Å².